The van der Waals surface area contributed by atoms with Crippen molar-refractivity contribution in [3.63, 3.8) is 0 Å². The first kappa shape index (κ1) is 17.7. The van der Waals surface area contributed by atoms with Crippen molar-refractivity contribution in [3.8, 4) is 0 Å². The maximum Gasteiger partial charge on any atom is 0.0685 e. The Kier molecular flexibility index (Phi) is 8.47. The second-order valence-electron chi connectivity index (χ2n) is 6.53. The first-order valence-corrected chi connectivity index (χ1v) is 8.54. The van der Waals surface area contributed by atoms with E-state index >= 15 is 0 Å². The third-order valence-electron chi connectivity index (χ3n) is 4.89. The van der Waals surface area contributed by atoms with Crippen LogP contribution in [0, 0.1) is 17.8 Å². The van der Waals surface area contributed by atoms with Crippen LogP contribution in [-0.2, 0) is 4.74 Å². The highest BCUT2D eigenvalue weighted by atomic mass is 16.5. The van der Waals surface area contributed by atoms with Gasteiger partial charge in [0.15, 0.2) is 0 Å². The molecular weight excluding hydrogens is 248 g/mol. The summed E-state index contributed by atoms with van der Waals surface area (Å²) < 4.78 is 6.08. The summed E-state index contributed by atoms with van der Waals surface area (Å²) in [5, 5.41) is 10.7. The molecule has 2 unspecified atom stereocenters. The number of aliphatic hydroxyl groups excluding tert-OH is 1. The lowest BCUT2D eigenvalue weighted by atomic mass is 9.77. The second kappa shape index (κ2) is 9.57. The molecule has 0 aromatic heterocycles. The minimum Gasteiger partial charge on any atom is -0.392 e. The van der Waals surface area contributed by atoms with Gasteiger partial charge in [-0.25, -0.2) is 0 Å². The van der Waals surface area contributed by atoms with Gasteiger partial charge in [0, 0.05) is 18.4 Å². The van der Waals surface area contributed by atoms with E-state index < -0.39 is 0 Å². The zero-order valence-electron chi connectivity index (χ0n) is 13.7. The predicted octanol–water partition coefficient (Wildman–Crippen LogP) is 4.57. The summed E-state index contributed by atoms with van der Waals surface area (Å²) in [7, 11) is 0. The molecule has 1 aliphatic carbocycles. The maximum absolute atomic E-state index is 10.7. The number of aliphatic hydroxyl groups is 1. The smallest absolute Gasteiger partial charge is 0.0685 e. The molecule has 0 saturated heterocycles. The van der Waals surface area contributed by atoms with Crippen molar-refractivity contribution in [2.24, 2.45) is 17.8 Å². The lowest BCUT2D eigenvalue weighted by molar-refractivity contribution is -0.0688. The Labute approximate surface area is 125 Å². The first-order chi connectivity index (χ1) is 9.61. The van der Waals surface area contributed by atoms with Gasteiger partial charge in [0.2, 0.25) is 0 Å². The van der Waals surface area contributed by atoms with Gasteiger partial charge >= 0.3 is 0 Å². The summed E-state index contributed by atoms with van der Waals surface area (Å²) in [6.45, 7) is 11.2. The average molecular weight is 282 g/mol. The molecule has 1 rings (SSSR count). The zero-order chi connectivity index (χ0) is 15.0. The van der Waals surface area contributed by atoms with E-state index in [1.54, 1.807) is 0 Å². The van der Waals surface area contributed by atoms with Crippen LogP contribution in [0.1, 0.15) is 65.7 Å². The molecule has 0 amide bonds. The lowest BCUT2D eigenvalue weighted by Gasteiger charge is -2.36. The molecule has 20 heavy (non-hydrogen) atoms. The fourth-order valence-corrected chi connectivity index (χ4v) is 3.38. The van der Waals surface area contributed by atoms with Crippen LogP contribution in [0.2, 0.25) is 0 Å². The van der Waals surface area contributed by atoms with E-state index in [9.17, 15) is 5.11 Å². The van der Waals surface area contributed by atoms with Crippen molar-refractivity contribution in [3.05, 3.63) is 12.7 Å². The molecule has 1 saturated carbocycles. The fraction of sp³-hybridized carbons (Fsp3) is 0.889. The Morgan fingerprint density at radius 1 is 1.25 bits per heavy atom. The third-order valence-corrected chi connectivity index (χ3v) is 4.89. The van der Waals surface area contributed by atoms with Crippen LogP contribution in [0.4, 0.5) is 0 Å². The van der Waals surface area contributed by atoms with Gasteiger partial charge in [0.05, 0.1) is 12.2 Å². The van der Waals surface area contributed by atoms with Crippen LogP contribution in [-0.4, -0.2) is 23.9 Å². The van der Waals surface area contributed by atoms with E-state index in [1.165, 1.54) is 32.1 Å². The van der Waals surface area contributed by atoms with Gasteiger partial charge in [-0.2, -0.15) is 0 Å². The molecule has 0 aliphatic heterocycles. The molecule has 0 spiro atoms. The monoisotopic (exact) mass is 282 g/mol. The number of hydrogen-bond donors (Lipinski definition) is 1. The molecule has 0 aromatic rings. The molecule has 1 N–H and O–H groups in total. The first-order valence-electron chi connectivity index (χ1n) is 8.54. The van der Waals surface area contributed by atoms with Gasteiger partial charge in [0.1, 0.15) is 0 Å². The molecule has 118 valence electrons. The average Bonchev–Trinajstić information content (AvgIpc) is 2.50. The highest BCUT2D eigenvalue weighted by Crippen LogP contribution is 2.33. The molecule has 0 heterocycles. The van der Waals surface area contributed by atoms with Gasteiger partial charge in [-0.3, -0.25) is 0 Å². The van der Waals surface area contributed by atoms with Crippen LogP contribution in [0.25, 0.3) is 0 Å². The van der Waals surface area contributed by atoms with E-state index in [0.29, 0.717) is 11.8 Å². The summed E-state index contributed by atoms with van der Waals surface area (Å²) in [4.78, 5) is 0. The molecule has 2 heteroatoms. The minimum atomic E-state index is -0.232. The van der Waals surface area contributed by atoms with Crippen LogP contribution < -0.4 is 0 Å². The quantitative estimate of drug-likeness (QED) is 0.496. The molecule has 0 aromatic carbocycles. The topological polar surface area (TPSA) is 29.5 Å². The van der Waals surface area contributed by atoms with Crippen LogP contribution in [0.15, 0.2) is 12.7 Å². The van der Waals surface area contributed by atoms with E-state index in [0.717, 1.165) is 19.4 Å². The lowest BCUT2D eigenvalue weighted by Crippen LogP contribution is -2.40. The van der Waals surface area contributed by atoms with Gasteiger partial charge in [-0.1, -0.05) is 52.5 Å². The number of rotatable bonds is 9. The predicted molar refractivity (Wildman–Crippen MR) is 85.8 cm³/mol. The van der Waals surface area contributed by atoms with E-state index in [2.05, 4.69) is 27.4 Å². The van der Waals surface area contributed by atoms with Crippen LogP contribution in [0.5, 0.6) is 0 Å². The Balaban J connectivity index is 2.59. The van der Waals surface area contributed by atoms with E-state index in [4.69, 9.17) is 4.74 Å². The maximum atomic E-state index is 10.7. The summed E-state index contributed by atoms with van der Waals surface area (Å²) in [5.74, 6) is 0.941. The largest absolute Gasteiger partial charge is 0.392 e. The highest BCUT2D eigenvalue weighted by molar-refractivity contribution is 4.89. The standard InChI is InChI=1S/C18H34O2/c1-5-7-13-20-18(14(3)6-2)15(4)17(19)16-11-9-8-10-12-16/h6,14-19H,2,5,7-13H2,1,3-4H3/t14-,15+,17?,18?/m0/s1. The minimum absolute atomic E-state index is 0.0935. The van der Waals surface area contributed by atoms with Crippen molar-refractivity contribution < 1.29 is 9.84 Å². The SMILES string of the molecule is C=C[C@H](C)C(OCCCC)[C@H](C)C(O)C1CCCCC1. The number of ether oxygens (including phenoxy) is 1. The summed E-state index contributed by atoms with van der Waals surface area (Å²) >= 11 is 0. The van der Waals surface area contributed by atoms with Crippen molar-refractivity contribution in [2.75, 3.05) is 6.61 Å². The second-order valence-corrected chi connectivity index (χ2v) is 6.53. The fourth-order valence-electron chi connectivity index (χ4n) is 3.38. The normalized spacial score (nSPS) is 23.0. The van der Waals surface area contributed by atoms with Gasteiger partial charge in [-0.05, 0) is 25.2 Å². The Bertz CT molecular complexity index is 258. The van der Waals surface area contributed by atoms with E-state index in [-0.39, 0.29) is 18.1 Å². The third kappa shape index (κ3) is 5.21. The molecular formula is C18H34O2. The van der Waals surface area contributed by atoms with Crippen molar-refractivity contribution in [2.45, 2.75) is 77.9 Å². The van der Waals surface area contributed by atoms with Crippen LogP contribution >= 0.6 is 0 Å². The number of hydrogen-bond acceptors (Lipinski definition) is 2. The molecule has 2 nitrogen and oxygen atoms in total. The molecule has 1 aliphatic rings. The molecule has 0 bridgehead atoms. The van der Waals surface area contributed by atoms with Crippen molar-refractivity contribution in [1.29, 1.82) is 0 Å². The molecule has 4 atom stereocenters. The zero-order valence-corrected chi connectivity index (χ0v) is 13.7. The molecule has 0 radical (unpaired) electrons. The Morgan fingerprint density at radius 2 is 1.90 bits per heavy atom. The van der Waals surface area contributed by atoms with E-state index in [1.807, 2.05) is 6.08 Å². The Morgan fingerprint density at radius 3 is 2.45 bits per heavy atom. The van der Waals surface area contributed by atoms with Crippen molar-refractivity contribution >= 4 is 0 Å². The number of unbranched alkanes of at least 4 members (excludes halogenated alkanes) is 1. The van der Waals surface area contributed by atoms with Gasteiger partial charge < -0.3 is 9.84 Å². The van der Waals surface area contributed by atoms with Crippen LogP contribution in [0.3, 0.4) is 0 Å². The summed E-state index contributed by atoms with van der Waals surface area (Å²) in [5.41, 5.74) is 0. The highest BCUT2D eigenvalue weighted by Gasteiger charge is 2.33. The Hall–Kier alpha value is -0.340. The van der Waals surface area contributed by atoms with Gasteiger partial charge in [0.25, 0.3) is 0 Å². The molecule has 1 fully saturated rings. The van der Waals surface area contributed by atoms with Gasteiger partial charge in [-0.15, -0.1) is 6.58 Å². The summed E-state index contributed by atoms with van der Waals surface area (Å²) in [6, 6.07) is 0. The summed E-state index contributed by atoms with van der Waals surface area (Å²) in [6.07, 6.45) is 10.3. The van der Waals surface area contributed by atoms with Crippen molar-refractivity contribution in [1.82, 2.24) is 0 Å².